The number of hydrogen-bond donors (Lipinski definition) is 2. The highest BCUT2D eigenvalue weighted by molar-refractivity contribution is 6.35. The third-order valence-electron chi connectivity index (χ3n) is 7.44. The van der Waals surface area contributed by atoms with Crippen molar-refractivity contribution in [1.82, 2.24) is 20.1 Å². The summed E-state index contributed by atoms with van der Waals surface area (Å²) in [6, 6.07) is 4.34. The van der Waals surface area contributed by atoms with Crippen molar-refractivity contribution in [3.8, 4) is 22.8 Å². The Bertz CT molecular complexity index is 1130. The van der Waals surface area contributed by atoms with Crippen LogP contribution in [-0.4, -0.2) is 90.3 Å². The first kappa shape index (κ1) is 21.9. The van der Waals surface area contributed by atoms with Gasteiger partial charge in [0.25, 0.3) is 5.91 Å². The molecule has 4 aliphatic heterocycles. The number of aromatic nitrogens is 1. The van der Waals surface area contributed by atoms with Crippen LogP contribution >= 0.6 is 11.6 Å². The van der Waals surface area contributed by atoms with Crippen LogP contribution < -0.4 is 15.0 Å². The number of rotatable bonds is 2. The lowest BCUT2D eigenvalue weighted by Crippen LogP contribution is -2.55. The standard InChI is InChI=1S/C24H27ClFN5O3/c25-20-21(18-16(26)4-1-5-17(18)32)28-23(30-10-9-29-7-2-3-14(29)12-30)19-22(20)34-13-15-11-27-6-8-31(15)24(19)33/h1,4-5,14-15,27,32H,2-3,6-13H2/t14-,15?/m1/s1. The van der Waals surface area contributed by atoms with E-state index < -0.39 is 5.82 Å². The highest BCUT2D eigenvalue weighted by Gasteiger charge is 2.40. The number of pyridine rings is 1. The lowest BCUT2D eigenvalue weighted by atomic mass is 10.0. The fourth-order valence-corrected chi connectivity index (χ4v) is 5.97. The Kier molecular flexibility index (Phi) is 5.50. The Balaban J connectivity index is 1.54. The molecule has 10 heteroatoms. The summed E-state index contributed by atoms with van der Waals surface area (Å²) in [6.07, 6.45) is 2.25. The Morgan fingerprint density at radius 2 is 2.06 bits per heavy atom. The number of carbonyl (C=O) groups is 1. The molecule has 4 aliphatic rings. The van der Waals surface area contributed by atoms with Crippen molar-refractivity contribution in [1.29, 1.82) is 0 Å². The zero-order valence-corrected chi connectivity index (χ0v) is 19.5. The largest absolute Gasteiger partial charge is 0.507 e. The van der Waals surface area contributed by atoms with Crippen LogP contribution in [0.4, 0.5) is 10.2 Å². The van der Waals surface area contributed by atoms with E-state index in [0.29, 0.717) is 43.6 Å². The van der Waals surface area contributed by atoms with Gasteiger partial charge in [-0.2, -0.15) is 0 Å². The van der Waals surface area contributed by atoms with Crippen LogP contribution in [0.1, 0.15) is 23.2 Å². The van der Waals surface area contributed by atoms with E-state index >= 15 is 0 Å². The smallest absolute Gasteiger partial charge is 0.261 e. The molecule has 0 aliphatic carbocycles. The quantitative estimate of drug-likeness (QED) is 0.673. The van der Waals surface area contributed by atoms with Gasteiger partial charge in [0, 0.05) is 45.3 Å². The van der Waals surface area contributed by atoms with E-state index in [4.69, 9.17) is 21.3 Å². The molecule has 6 rings (SSSR count). The van der Waals surface area contributed by atoms with Gasteiger partial charge in [0.05, 0.1) is 11.6 Å². The Morgan fingerprint density at radius 1 is 1.18 bits per heavy atom. The molecule has 2 aromatic rings. The number of aromatic hydroxyl groups is 1. The van der Waals surface area contributed by atoms with Gasteiger partial charge < -0.3 is 25.0 Å². The number of amides is 1. The zero-order chi connectivity index (χ0) is 23.4. The fraction of sp³-hybridized carbons (Fsp3) is 0.500. The number of nitrogens with zero attached hydrogens (tertiary/aromatic N) is 4. The molecule has 1 amide bonds. The molecule has 180 valence electrons. The Hall–Kier alpha value is -2.62. The summed E-state index contributed by atoms with van der Waals surface area (Å²) in [5.74, 6) is -0.392. The van der Waals surface area contributed by atoms with E-state index in [1.165, 1.54) is 18.2 Å². The number of anilines is 1. The van der Waals surface area contributed by atoms with Gasteiger partial charge in [-0.1, -0.05) is 17.7 Å². The van der Waals surface area contributed by atoms with Gasteiger partial charge in [-0.25, -0.2) is 9.37 Å². The van der Waals surface area contributed by atoms with E-state index in [1.807, 2.05) is 4.90 Å². The van der Waals surface area contributed by atoms with Crippen molar-refractivity contribution in [3.63, 3.8) is 0 Å². The predicted molar refractivity (Wildman–Crippen MR) is 126 cm³/mol. The monoisotopic (exact) mass is 487 g/mol. The molecule has 0 bridgehead atoms. The molecule has 1 aromatic heterocycles. The maximum absolute atomic E-state index is 14.9. The summed E-state index contributed by atoms with van der Waals surface area (Å²) in [6.45, 7) is 5.54. The fourth-order valence-electron chi connectivity index (χ4n) is 5.68. The molecule has 0 spiro atoms. The number of benzene rings is 1. The number of fused-ring (bicyclic) bond motifs is 3. The molecule has 2 N–H and O–H groups in total. The third kappa shape index (κ3) is 3.49. The molecule has 1 unspecified atom stereocenters. The van der Waals surface area contributed by atoms with Crippen molar-refractivity contribution in [2.75, 3.05) is 57.3 Å². The van der Waals surface area contributed by atoms with Crippen LogP contribution in [-0.2, 0) is 0 Å². The number of nitrogens with one attached hydrogen (secondary N) is 1. The van der Waals surface area contributed by atoms with Crippen molar-refractivity contribution >= 4 is 23.3 Å². The van der Waals surface area contributed by atoms with Gasteiger partial charge >= 0.3 is 0 Å². The van der Waals surface area contributed by atoms with E-state index in [-0.39, 0.29) is 46.3 Å². The molecule has 0 radical (unpaired) electrons. The molecular formula is C24H27ClFN5O3. The minimum Gasteiger partial charge on any atom is -0.507 e. The summed E-state index contributed by atoms with van der Waals surface area (Å²) >= 11 is 6.76. The minimum absolute atomic E-state index is 0.0415. The minimum atomic E-state index is -0.637. The van der Waals surface area contributed by atoms with Crippen LogP contribution in [0, 0.1) is 5.82 Å². The van der Waals surface area contributed by atoms with Gasteiger partial charge in [0.2, 0.25) is 0 Å². The van der Waals surface area contributed by atoms with E-state index in [9.17, 15) is 14.3 Å². The van der Waals surface area contributed by atoms with E-state index in [0.717, 1.165) is 32.5 Å². The van der Waals surface area contributed by atoms with Gasteiger partial charge in [0.1, 0.15) is 40.3 Å². The second-order valence-corrected chi connectivity index (χ2v) is 9.76. The Morgan fingerprint density at radius 3 is 2.91 bits per heavy atom. The van der Waals surface area contributed by atoms with Crippen molar-refractivity contribution in [2.24, 2.45) is 0 Å². The zero-order valence-electron chi connectivity index (χ0n) is 18.8. The van der Waals surface area contributed by atoms with Crippen molar-refractivity contribution < 1.29 is 19.0 Å². The average Bonchev–Trinajstić information content (AvgIpc) is 3.25. The molecule has 8 nitrogen and oxygen atoms in total. The molecule has 3 saturated heterocycles. The summed E-state index contributed by atoms with van der Waals surface area (Å²) in [5.41, 5.74) is 0.335. The number of hydrogen-bond acceptors (Lipinski definition) is 7. The number of ether oxygens (including phenoxy) is 1. The number of halogens is 2. The second kappa shape index (κ2) is 8.55. The van der Waals surface area contributed by atoms with Crippen LogP contribution in [0.5, 0.6) is 11.5 Å². The first-order valence-corrected chi connectivity index (χ1v) is 12.3. The topological polar surface area (TPSA) is 81.2 Å². The summed E-state index contributed by atoms with van der Waals surface area (Å²) in [5, 5.41) is 13.8. The first-order chi connectivity index (χ1) is 16.5. The summed E-state index contributed by atoms with van der Waals surface area (Å²) in [4.78, 5) is 25.0. The average molecular weight is 488 g/mol. The van der Waals surface area contributed by atoms with Crippen molar-refractivity contribution in [3.05, 3.63) is 34.6 Å². The van der Waals surface area contributed by atoms with Gasteiger partial charge in [-0.3, -0.25) is 9.69 Å². The maximum Gasteiger partial charge on any atom is 0.261 e. The molecule has 2 atom stereocenters. The van der Waals surface area contributed by atoms with Crippen LogP contribution in [0.15, 0.2) is 18.2 Å². The Labute approximate surface area is 202 Å². The SMILES string of the molecule is O=C1c2c(N3CCN4CCC[C@@H]4C3)nc(-c3c(O)cccc3F)c(Cl)c2OCC2CNCCN12. The summed E-state index contributed by atoms with van der Waals surface area (Å²) < 4.78 is 21.1. The molecular weight excluding hydrogens is 461 g/mol. The first-order valence-electron chi connectivity index (χ1n) is 11.9. The maximum atomic E-state index is 14.9. The van der Waals surface area contributed by atoms with Crippen molar-refractivity contribution in [2.45, 2.75) is 24.9 Å². The van der Waals surface area contributed by atoms with Gasteiger partial charge in [-0.05, 0) is 31.5 Å². The molecule has 0 saturated carbocycles. The van der Waals surface area contributed by atoms with E-state index in [1.54, 1.807) is 0 Å². The molecule has 5 heterocycles. The summed E-state index contributed by atoms with van der Waals surface area (Å²) in [7, 11) is 0. The molecule has 1 aromatic carbocycles. The van der Waals surface area contributed by atoms with Crippen LogP contribution in [0.25, 0.3) is 11.3 Å². The van der Waals surface area contributed by atoms with E-state index in [2.05, 4.69) is 15.1 Å². The van der Waals surface area contributed by atoms with Gasteiger partial charge in [-0.15, -0.1) is 0 Å². The third-order valence-corrected chi connectivity index (χ3v) is 7.79. The molecule has 3 fully saturated rings. The normalized spacial score (nSPS) is 24.8. The number of phenols is 1. The second-order valence-electron chi connectivity index (χ2n) is 9.38. The van der Waals surface area contributed by atoms with Crippen LogP contribution in [0.3, 0.4) is 0 Å². The molecule has 34 heavy (non-hydrogen) atoms. The van der Waals surface area contributed by atoms with Crippen LogP contribution in [0.2, 0.25) is 5.02 Å². The highest BCUT2D eigenvalue weighted by atomic mass is 35.5. The van der Waals surface area contributed by atoms with Gasteiger partial charge in [0.15, 0.2) is 5.75 Å². The number of carbonyl (C=O) groups excluding carboxylic acids is 1. The number of phenolic OH excluding ortho intramolecular Hbond substituents is 1. The predicted octanol–water partition coefficient (Wildman–Crippen LogP) is 2.34. The lowest BCUT2D eigenvalue weighted by Gasteiger charge is -2.39. The number of piperazine rings is 2. The highest BCUT2D eigenvalue weighted by Crippen LogP contribution is 2.46. The lowest BCUT2D eigenvalue weighted by molar-refractivity contribution is 0.0606.